The lowest BCUT2D eigenvalue weighted by molar-refractivity contribution is -0.137. The minimum Gasteiger partial charge on any atom is -0.378 e. The first-order valence-corrected chi connectivity index (χ1v) is 12.1. The van der Waals surface area contributed by atoms with Crippen LogP contribution in [0.2, 0.25) is 5.02 Å². The summed E-state index contributed by atoms with van der Waals surface area (Å²) in [5, 5.41) is 5.81. The lowest BCUT2D eigenvalue weighted by atomic mass is 10.0. The molecule has 0 atom stereocenters. The normalized spacial score (nSPS) is 14.4. The van der Waals surface area contributed by atoms with Crippen LogP contribution >= 0.6 is 22.9 Å². The Hall–Kier alpha value is -3.08. The lowest BCUT2D eigenvalue weighted by Gasteiger charge is -2.29. The molecule has 0 aliphatic carbocycles. The Morgan fingerprint density at radius 2 is 1.91 bits per heavy atom. The number of halogens is 4. The van der Waals surface area contributed by atoms with Crippen molar-refractivity contribution in [1.29, 1.82) is 0 Å². The molecule has 1 aliphatic heterocycles. The van der Waals surface area contributed by atoms with Gasteiger partial charge in [-0.15, -0.1) is 11.3 Å². The van der Waals surface area contributed by atoms with Crippen LogP contribution in [0.15, 0.2) is 54.3 Å². The van der Waals surface area contributed by atoms with E-state index < -0.39 is 11.7 Å². The summed E-state index contributed by atoms with van der Waals surface area (Å²) in [6.45, 7) is 4.62. The number of alkyl halides is 3. The number of hydrogen-bond donors (Lipinski definition) is 1. The van der Waals surface area contributed by atoms with Crippen molar-refractivity contribution in [3.8, 4) is 16.9 Å². The molecule has 11 heteroatoms. The maximum atomic E-state index is 13.9. The van der Waals surface area contributed by atoms with Crippen molar-refractivity contribution in [1.82, 2.24) is 14.5 Å². The maximum absolute atomic E-state index is 13.9. The highest BCUT2D eigenvalue weighted by Crippen LogP contribution is 2.40. The van der Waals surface area contributed by atoms with Crippen LogP contribution in [0.1, 0.15) is 11.3 Å². The predicted molar refractivity (Wildman–Crippen MR) is 132 cm³/mol. The van der Waals surface area contributed by atoms with E-state index in [0.29, 0.717) is 34.7 Å². The van der Waals surface area contributed by atoms with Gasteiger partial charge in [-0.1, -0.05) is 17.7 Å². The van der Waals surface area contributed by atoms with E-state index in [2.05, 4.69) is 20.2 Å². The van der Waals surface area contributed by atoms with Crippen molar-refractivity contribution in [2.24, 2.45) is 0 Å². The monoisotopic (exact) mass is 519 g/mol. The second kappa shape index (κ2) is 9.52. The third-order valence-corrected chi connectivity index (χ3v) is 6.71. The zero-order chi connectivity index (χ0) is 24.6. The third-order valence-electron chi connectivity index (χ3n) is 5.65. The molecule has 1 fully saturated rings. The molecule has 3 heterocycles. The van der Waals surface area contributed by atoms with Gasteiger partial charge in [-0.3, -0.25) is 0 Å². The number of nitrogens with zero attached hydrogens (tertiary/aromatic N) is 4. The van der Waals surface area contributed by atoms with Crippen molar-refractivity contribution < 1.29 is 17.9 Å². The summed E-state index contributed by atoms with van der Waals surface area (Å²) in [7, 11) is 0. The van der Waals surface area contributed by atoms with Crippen LogP contribution in [0.25, 0.3) is 16.9 Å². The molecule has 35 heavy (non-hydrogen) atoms. The van der Waals surface area contributed by atoms with E-state index in [4.69, 9.17) is 16.3 Å². The highest BCUT2D eigenvalue weighted by molar-refractivity contribution is 7.14. The second-order valence-electron chi connectivity index (χ2n) is 8.08. The van der Waals surface area contributed by atoms with Gasteiger partial charge in [0.05, 0.1) is 47.2 Å². The van der Waals surface area contributed by atoms with Gasteiger partial charge in [-0.05, 0) is 37.3 Å². The Morgan fingerprint density at radius 3 is 2.60 bits per heavy atom. The first-order chi connectivity index (χ1) is 16.8. The van der Waals surface area contributed by atoms with Gasteiger partial charge in [0.15, 0.2) is 5.13 Å². The molecule has 5 rings (SSSR count). The van der Waals surface area contributed by atoms with Crippen LogP contribution in [0.4, 0.5) is 29.7 Å². The van der Waals surface area contributed by atoms with Gasteiger partial charge in [0.25, 0.3) is 0 Å². The molecule has 1 N–H and O–H groups in total. The Morgan fingerprint density at radius 1 is 1.11 bits per heavy atom. The first-order valence-electron chi connectivity index (χ1n) is 10.9. The largest absolute Gasteiger partial charge is 0.417 e. The Labute approximate surface area is 209 Å². The Bertz CT molecular complexity index is 1350. The van der Waals surface area contributed by atoms with E-state index in [9.17, 15) is 13.2 Å². The van der Waals surface area contributed by atoms with E-state index in [1.165, 1.54) is 23.7 Å². The lowest BCUT2D eigenvalue weighted by Crippen LogP contribution is -2.36. The van der Waals surface area contributed by atoms with Crippen molar-refractivity contribution in [2.45, 2.75) is 13.1 Å². The zero-order valence-corrected chi connectivity index (χ0v) is 20.2. The van der Waals surface area contributed by atoms with Crippen LogP contribution in [0, 0.1) is 6.92 Å². The van der Waals surface area contributed by atoms with Crippen LogP contribution in [0.3, 0.4) is 0 Å². The van der Waals surface area contributed by atoms with Crippen molar-refractivity contribution >= 4 is 39.4 Å². The topological polar surface area (TPSA) is 55.2 Å². The number of nitrogens with one attached hydrogen (secondary N) is 1. The van der Waals surface area contributed by atoms with Gasteiger partial charge >= 0.3 is 6.18 Å². The molecule has 0 radical (unpaired) electrons. The smallest absolute Gasteiger partial charge is 0.378 e. The van der Waals surface area contributed by atoms with E-state index in [-0.39, 0.29) is 11.3 Å². The fraction of sp³-hybridized carbons (Fsp3) is 0.250. The highest BCUT2D eigenvalue weighted by atomic mass is 35.5. The molecule has 0 amide bonds. The van der Waals surface area contributed by atoms with Crippen LogP contribution in [0.5, 0.6) is 0 Å². The number of ether oxygens (including phenoxy) is 1. The minimum absolute atomic E-state index is 0.0167. The third kappa shape index (κ3) is 5.14. The van der Waals surface area contributed by atoms with Gasteiger partial charge in [0.1, 0.15) is 0 Å². The summed E-state index contributed by atoms with van der Waals surface area (Å²) in [5.74, 6) is 0. The van der Waals surface area contributed by atoms with Gasteiger partial charge in [0.2, 0.25) is 0 Å². The van der Waals surface area contributed by atoms with Crippen LogP contribution < -0.4 is 10.2 Å². The molecular weight excluding hydrogens is 499 g/mol. The molecule has 2 aromatic heterocycles. The van der Waals surface area contributed by atoms with Gasteiger partial charge < -0.3 is 19.5 Å². The fourth-order valence-corrected chi connectivity index (χ4v) is 4.97. The predicted octanol–water partition coefficient (Wildman–Crippen LogP) is 6.56. The first kappa shape index (κ1) is 23.7. The molecule has 2 aromatic carbocycles. The summed E-state index contributed by atoms with van der Waals surface area (Å²) < 4.78 is 48.7. The Kier molecular flexibility index (Phi) is 6.43. The number of imidazole rings is 1. The maximum Gasteiger partial charge on any atom is 0.417 e. The minimum atomic E-state index is -4.54. The fourth-order valence-electron chi connectivity index (χ4n) is 3.94. The summed E-state index contributed by atoms with van der Waals surface area (Å²) in [6.07, 6.45) is -1.37. The number of thiazole rings is 1. The number of hydrogen-bond acceptors (Lipinski definition) is 6. The van der Waals surface area contributed by atoms with Crippen LogP contribution in [-0.4, -0.2) is 40.8 Å². The molecule has 0 saturated carbocycles. The highest BCUT2D eigenvalue weighted by Gasteiger charge is 2.34. The number of anilines is 3. The van der Waals surface area contributed by atoms with E-state index >= 15 is 0 Å². The van der Waals surface area contributed by atoms with Gasteiger partial charge in [-0.2, -0.15) is 13.2 Å². The zero-order valence-electron chi connectivity index (χ0n) is 18.6. The number of rotatable bonds is 5. The van der Waals surface area contributed by atoms with E-state index in [1.807, 2.05) is 12.1 Å². The van der Waals surface area contributed by atoms with E-state index in [1.54, 1.807) is 35.2 Å². The van der Waals surface area contributed by atoms with Gasteiger partial charge in [0, 0.05) is 41.6 Å². The molecule has 6 nitrogen and oxygen atoms in total. The second-order valence-corrected chi connectivity index (χ2v) is 9.34. The standard InChI is InChI=1S/C24H21ClF3N5OS/c1-15-12-33(14-29-15)17-3-4-18(19(11-17)24(26,27)28)21-13-35-23(31-21)30-16-2-5-22(20(25)10-16)32-6-8-34-9-7-32/h2-5,10-14H,6-9H2,1H3,(H,30,31). The Balaban J connectivity index is 1.39. The average molecular weight is 520 g/mol. The average Bonchev–Trinajstić information content (AvgIpc) is 3.48. The summed E-state index contributed by atoms with van der Waals surface area (Å²) in [4.78, 5) is 10.7. The number of aromatic nitrogens is 3. The molecule has 182 valence electrons. The van der Waals surface area contributed by atoms with E-state index in [0.717, 1.165) is 30.5 Å². The SMILES string of the molecule is Cc1cn(-c2ccc(-c3csc(Nc4ccc(N5CCOCC5)c(Cl)c4)n3)c(C(F)(F)F)c2)cn1. The van der Waals surface area contributed by atoms with Gasteiger partial charge in [-0.25, -0.2) is 9.97 Å². The van der Waals surface area contributed by atoms with Crippen molar-refractivity contribution in [2.75, 3.05) is 36.5 Å². The molecular formula is C24H21ClF3N5OS. The molecule has 4 aromatic rings. The molecule has 0 spiro atoms. The summed E-state index contributed by atoms with van der Waals surface area (Å²) in [6, 6.07) is 9.77. The number of aryl methyl sites for hydroxylation is 1. The van der Waals surface area contributed by atoms with Crippen molar-refractivity contribution in [3.63, 3.8) is 0 Å². The van der Waals surface area contributed by atoms with Crippen molar-refractivity contribution in [3.05, 3.63) is 70.6 Å². The summed E-state index contributed by atoms with van der Waals surface area (Å²) in [5.41, 5.74) is 2.23. The molecule has 0 bridgehead atoms. The number of morpholine rings is 1. The number of benzene rings is 2. The molecule has 1 aliphatic rings. The quantitative estimate of drug-likeness (QED) is 0.324. The molecule has 1 saturated heterocycles. The molecule has 0 unspecified atom stereocenters. The summed E-state index contributed by atoms with van der Waals surface area (Å²) >= 11 is 7.72. The van der Waals surface area contributed by atoms with Crippen LogP contribution in [-0.2, 0) is 10.9 Å².